The van der Waals surface area contributed by atoms with Crippen molar-refractivity contribution in [3.8, 4) is 6.07 Å². The summed E-state index contributed by atoms with van der Waals surface area (Å²) in [6.45, 7) is 1.66. The van der Waals surface area contributed by atoms with Crippen LogP contribution < -0.4 is 11.1 Å². The van der Waals surface area contributed by atoms with Crippen LogP contribution in [0.4, 0.5) is 5.69 Å². The molecule has 0 saturated carbocycles. The number of nitrogens with one attached hydrogen (secondary N) is 1. The van der Waals surface area contributed by atoms with Crippen molar-refractivity contribution in [2.24, 2.45) is 5.73 Å². The summed E-state index contributed by atoms with van der Waals surface area (Å²) >= 11 is 5.97. The van der Waals surface area contributed by atoms with E-state index in [1.165, 1.54) is 0 Å². The summed E-state index contributed by atoms with van der Waals surface area (Å²) in [6, 6.07) is 18.1. The number of nitrogens with two attached hydrogens (primary N) is 1. The largest absolute Gasteiger partial charge is 0.445 e. The number of nitrogens with zero attached hydrogens (tertiary/aromatic N) is 1. The first-order valence-corrected chi connectivity index (χ1v) is 8.29. The number of nitriles is 1. The van der Waals surface area contributed by atoms with Crippen molar-refractivity contribution in [1.29, 1.82) is 5.26 Å². The molecule has 0 fully saturated rings. The molecule has 1 amide bonds. The molecule has 0 radical (unpaired) electrons. The zero-order valence-electron chi connectivity index (χ0n) is 14.0. The number of carbonyl (C=O) groups excluding carboxylic acids is 1. The number of para-hydroxylation sites is 1. The number of ether oxygens (including phenoxy) is 1. The predicted octanol–water partition coefficient (Wildman–Crippen LogP) is 4.06. The van der Waals surface area contributed by atoms with Gasteiger partial charge in [-0.15, -0.1) is 0 Å². The first-order chi connectivity index (χ1) is 12.5. The molecule has 130 valence electrons. The fourth-order valence-electron chi connectivity index (χ4n) is 2.88. The summed E-state index contributed by atoms with van der Waals surface area (Å²) in [5, 5.41) is 13.0. The van der Waals surface area contributed by atoms with Crippen LogP contribution in [-0.2, 0) is 9.53 Å². The van der Waals surface area contributed by atoms with E-state index in [1.807, 2.05) is 18.2 Å². The van der Waals surface area contributed by atoms with Gasteiger partial charge in [0.25, 0.3) is 5.91 Å². The highest BCUT2D eigenvalue weighted by molar-refractivity contribution is 6.30. The Kier molecular flexibility index (Phi) is 4.97. The van der Waals surface area contributed by atoms with Crippen LogP contribution in [0.15, 0.2) is 77.4 Å². The predicted molar refractivity (Wildman–Crippen MR) is 99.9 cm³/mol. The van der Waals surface area contributed by atoms with Crippen molar-refractivity contribution in [2.45, 2.75) is 12.8 Å². The molecule has 2 aromatic carbocycles. The van der Waals surface area contributed by atoms with E-state index in [9.17, 15) is 10.1 Å². The van der Waals surface area contributed by atoms with Gasteiger partial charge in [-0.25, -0.2) is 0 Å². The van der Waals surface area contributed by atoms with E-state index in [0.29, 0.717) is 22.0 Å². The second-order valence-electron chi connectivity index (χ2n) is 5.77. The molecule has 0 spiro atoms. The lowest BCUT2D eigenvalue weighted by atomic mass is 9.82. The van der Waals surface area contributed by atoms with Gasteiger partial charge in [-0.05, 0) is 36.8 Å². The molecule has 1 atom stereocenters. The molecule has 1 aliphatic heterocycles. The average molecular weight is 366 g/mol. The van der Waals surface area contributed by atoms with Crippen LogP contribution in [0.2, 0.25) is 5.02 Å². The molecule has 0 bridgehead atoms. The van der Waals surface area contributed by atoms with Crippen molar-refractivity contribution in [1.82, 2.24) is 0 Å². The monoisotopic (exact) mass is 365 g/mol. The summed E-state index contributed by atoms with van der Waals surface area (Å²) in [5.41, 5.74) is 7.80. The second-order valence-corrected chi connectivity index (χ2v) is 6.20. The zero-order chi connectivity index (χ0) is 18.7. The Hall–Kier alpha value is -3.23. The van der Waals surface area contributed by atoms with Gasteiger partial charge >= 0.3 is 0 Å². The van der Waals surface area contributed by atoms with Crippen LogP contribution in [0.3, 0.4) is 0 Å². The van der Waals surface area contributed by atoms with Crippen molar-refractivity contribution in [3.05, 3.63) is 88.0 Å². The van der Waals surface area contributed by atoms with E-state index in [4.69, 9.17) is 22.1 Å². The van der Waals surface area contributed by atoms with Gasteiger partial charge in [0, 0.05) is 10.7 Å². The molecule has 1 heterocycles. The van der Waals surface area contributed by atoms with E-state index >= 15 is 0 Å². The standard InChI is InChI=1S/C20H16ClN3O2/c1-12-17(20(25)24-15-5-3-2-4-6-15)18(16(11-22)19(23)26-12)13-7-9-14(21)10-8-13/h2-10,18H,23H2,1H3,(H,24,25). The summed E-state index contributed by atoms with van der Waals surface area (Å²) in [6.07, 6.45) is 0. The lowest BCUT2D eigenvalue weighted by molar-refractivity contribution is -0.113. The molecule has 3 rings (SSSR count). The van der Waals surface area contributed by atoms with E-state index in [2.05, 4.69) is 11.4 Å². The number of rotatable bonds is 3. The van der Waals surface area contributed by atoms with Gasteiger partial charge < -0.3 is 15.8 Å². The van der Waals surface area contributed by atoms with E-state index in [-0.39, 0.29) is 17.4 Å². The lowest BCUT2D eigenvalue weighted by Gasteiger charge is -2.27. The van der Waals surface area contributed by atoms with Gasteiger partial charge in [0.1, 0.15) is 17.4 Å². The van der Waals surface area contributed by atoms with Crippen molar-refractivity contribution in [3.63, 3.8) is 0 Å². The molecule has 5 nitrogen and oxygen atoms in total. The molecule has 2 aromatic rings. The molecule has 6 heteroatoms. The van der Waals surface area contributed by atoms with Crippen LogP contribution >= 0.6 is 11.6 Å². The molecule has 3 N–H and O–H groups in total. The normalized spacial score (nSPS) is 16.7. The van der Waals surface area contributed by atoms with Crippen LogP contribution in [0.1, 0.15) is 18.4 Å². The van der Waals surface area contributed by atoms with Crippen LogP contribution in [0.5, 0.6) is 0 Å². The van der Waals surface area contributed by atoms with E-state index in [1.54, 1.807) is 43.3 Å². The fourth-order valence-corrected chi connectivity index (χ4v) is 3.01. The van der Waals surface area contributed by atoms with Crippen molar-refractivity contribution >= 4 is 23.2 Å². The smallest absolute Gasteiger partial charge is 0.255 e. The maximum Gasteiger partial charge on any atom is 0.255 e. The van der Waals surface area contributed by atoms with Gasteiger partial charge in [-0.1, -0.05) is 41.9 Å². The van der Waals surface area contributed by atoms with Gasteiger partial charge in [0.2, 0.25) is 5.88 Å². The number of hydrogen-bond acceptors (Lipinski definition) is 4. The van der Waals surface area contributed by atoms with Gasteiger partial charge in [0.05, 0.1) is 11.5 Å². The van der Waals surface area contributed by atoms with Crippen LogP contribution in [0.25, 0.3) is 0 Å². The number of allylic oxidation sites excluding steroid dienone is 2. The number of halogens is 1. The molecule has 0 aromatic heterocycles. The Morgan fingerprint density at radius 2 is 1.85 bits per heavy atom. The fraction of sp³-hybridized carbons (Fsp3) is 0.100. The average Bonchev–Trinajstić information content (AvgIpc) is 2.62. The first-order valence-electron chi connectivity index (χ1n) is 7.91. The zero-order valence-corrected chi connectivity index (χ0v) is 14.7. The SMILES string of the molecule is CC1=C(C(=O)Nc2ccccc2)C(c2ccc(Cl)cc2)C(C#N)=C(N)O1. The Balaban J connectivity index is 2.05. The second kappa shape index (κ2) is 7.34. The van der Waals surface area contributed by atoms with E-state index < -0.39 is 5.92 Å². The third-order valence-corrected chi connectivity index (χ3v) is 4.34. The Morgan fingerprint density at radius 3 is 2.46 bits per heavy atom. The third kappa shape index (κ3) is 3.41. The quantitative estimate of drug-likeness (QED) is 0.858. The van der Waals surface area contributed by atoms with Crippen molar-refractivity contribution < 1.29 is 9.53 Å². The Bertz CT molecular complexity index is 941. The summed E-state index contributed by atoms with van der Waals surface area (Å²) in [4.78, 5) is 12.9. The number of amides is 1. The molecule has 1 unspecified atom stereocenters. The summed E-state index contributed by atoms with van der Waals surface area (Å²) in [5.74, 6) is -0.625. The summed E-state index contributed by atoms with van der Waals surface area (Å²) < 4.78 is 5.46. The number of anilines is 1. The van der Waals surface area contributed by atoms with Gasteiger partial charge in [-0.3, -0.25) is 4.79 Å². The Labute approximate surface area is 156 Å². The molecule has 0 aliphatic carbocycles. The minimum atomic E-state index is -0.630. The van der Waals surface area contributed by atoms with Crippen LogP contribution in [-0.4, -0.2) is 5.91 Å². The van der Waals surface area contributed by atoms with E-state index in [0.717, 1.165) is 5.56 Å². The minimum absolute atomic E-state index is 0.00112. The highest BCUT2D eigenvalue weighted by Gasteiger charge is 2.35. The number of benzene rings is 2. The van der Waals surface area contributed by atoms with Crippen molar-refractivity contribution in [2.75, 3.05) is 5.32 Å². The maximum absolute atomic E-state index is 12.9. The molecule has 26 heavy (non-hydrogen) atoms. The highest BCUT2D eigenvalue weighted by Crippen LogP contribution is 2.39. The number of hydrogen-bond donors (Lipinski definition) is 2. The minimum Gasteiger partial charge on any atom is -0.445 e. The van der Waals surface area contributed by atoms with Gasteiger partial charge in [0.15, 0.2) is 0 Å². The molecular weight excluding hydrogens is 350 g/mol. The molecule has 0 saturated heterocycles. The Morgan fingerprint density at radius 1 is 1.19 bits per heavy atom. The highest BCUT2D eigenvalue weighted by atomic mass is 35.5. The topological polar surface area (TPSA) is 88.1 Å². The first kappa shape index (κ1) is 17.6. The maximum atomic E-state index is 12.9. The lowest BCUT2D eigenvalue weighted by Crippen LogP contribution is -2.27. The van der Waals surface area contributed by atoms with Gasteiger partial charge in [-0.2, -0.15) is 5.26 Å². The summed E-state index contributed by atoms with van der Waals surface area (Å²) in [7, 11) is 0. The van der Waals surface area contributed by atoms with Crippen LogP contribution in [0, 0.1) is 11.3 Å². The number of carbonyl (C=O) groups is 1. The molecule has 1 aliphatic rings. The third-order valence-electron chi connectivity index (χ3n) is 4.09. The molecular formula is C20H16ClN3O2.